The number of aliphatic hydroxyl groups is 1. The third-order valence-electron chi connectivity index (χ3n) is 25.7. The molecule has 3 saturated carbocycles. The van der Waals surface area contributed by atoms with Crippen molar-refractivity contribution in [3.05, 3.63) is 201 Å². The highest BCUT2D eigenvalue weighted by molar-refractivity contribution is 6.20. The summed E-state index contributed by atoms with van der Waals surface area (Å²) >= 11 is 0. The number of aryl methyl sites for hydroxylation is 4. The molecule has 7 aliphatic carbocycles. The molecule has 15 heteroatoms. The second-order valence-electron chi connectivity index (χ2n) is 31.9. The van der Waals surface area contributed by atoms with Crippen molar-refractivity contribution in [2.75, 3.05) is 52.5 Å². The van der Waals surface area contributed by atoms with E-state index in [4.69, 9.17) is 4.74 Å². The maximum atomic E-state index is 12.4. The Hall–Kier alpha value is -9.74. The molecular formula is C94H99N7O8. The number of carbonyl (C=O) groups is 6. The van der Waals surface area contributed by atoms with E-state index < -0.39 is 0 Å². The van der Waals surface area contributed by atoms with E-state index in [1.165, 1.54) is 140 Å². The number of morpholine rings is 1. The lowest BCUT2D eigenvalue weighted by molar-refractivity contribution is 0.0366. The Labute approximate surface area is 636 Å². The molecule has 8 aliphatic rings. The van der Waals surface area contributed by atoms with Gasteiger partial charge in [0.25, 0.3) is 0 Å². The maximum absolute atomic E-state index is 12.4. The number of fused-ring (bicyclic) bond motifs is 20. The zero-order valence-corrected chi connectivity index (χ0v) is 63.7. The van der Waals surface area contributed by atoms with E-state index in [1.807, 2.05) is 66.7 Å². The molecular weight excluding hydrogens is 1360 g/mol. The van der Waals surface area contributed by atoms with Crippen molar-refractivity contribution in [1.82, 2.24) is 33.4 Å². The van der Waals surface area contributed by atoms with Gasteiger partial charge in [-0.1, -0.05) is 44.6 Å². The molecule has 20 rings (SSSR count). The van der Waals surface area contributed by atoms with E-state index in [0.29, 0.717) is 42.3 Å². The van der Waals surface area contributed by atoms with Crippen LogP contribution in [0.5, 0.6) is 0 Å². The van der Waals surface area contributed by atoms with Crippen LogP contribution < -0.4 is 5.32 Å². The minimum absolute atomic E-state index is 0.0576. The number of hydrogen-bond acceptors (Lipinski definition) is 11. The maximum Gasteiger partial charge on any atom is 0.163 e. The lowest BCUT2D eigenvalue weighted by atomic mass is 9.84. The van der Waals surface area contributed by atoms with Crippen molar-refractivity contribution < 1.29 is 38.6 Å². The summed E-state index contributed by atoms with van der Waals surface area (Å²) in [6.45, 7) is 25.1. The zero-order valence-electron chi connectivity index (χ0n) is 63.7. The van der Waals surface area contributed by atoms with Gasteiger partial charge in [-0.2, -0.15) is 0 Å². The molecule has 8 aromatic carbocycles. The van der Waals surface area contributed by atoms with Crippen molar-refractivity contribution in [3.63, 3.8) is 0 Å². The first-order chi connectivity index (χ1) is 53.0. The predicted octanol–water partition coefficient (Wildman–Crippen LogP) is 18.0. The Morgan fingerprint density at radius 3 is 1.14 bits per heavy atom. The van der Waals surface area contributed by atoms with Gasteiger partial charge >= 0.3 is 0 Å². The summed E-state index contributed by atoms with van der Waals surface area (Å²) < 4.78 is 14.9. The summed E-state index contributed by atoms with van der Waals surface area (Å²) in [6.07, 6.45) is 19.1. The van der Waals surface area contributed by atoms with Gasteiger partial charge in [-0.15, -0.1) is 0 Å². The summed E-state index contributed by atoms with van der Waals surface area (Å²) in [4.78, 5) is 77.5. The molecule has 0 spiro atoms. The Balaban J connectivity index is 0.000000107. The lowest BCUT2D eigenvalue weighted by Gasteiger charge is -2.46. The monoisotopic (exact) mass is 1450 g/mol. The number of benzene rings is 8. The molecule has 2 N–H and O–H groups in total. The number of nitrogens with one attached hydrogen (secondary N) is 1. The van der Waals surface area contributed by atoms with Crippen molar-refractivity contribution in [1.29, 1.82) is 0 Å². The van der Waals surface area contributed by atoms with Gasteiger partial charge < -0.3 is 33.4 Å². The number of carbonyl (C=O) groups excluding carboxylic acids is 6. The van der Waals surface area contributed by atoms with Gasteiger partial charge in [-0.25, -0.2) is 0 Å². The third-order valence-corrected chi connectivity index (χ3v) is 25.7. The van der Waals surface area contributed by atoms with Gasteiger partial charge in [0.2, 0.25) is 0 Å². The first kappa shape index (κ1) is 72.1. The molecule has 4 fully saturated rings. The van der Waals surface area contributed by atoms with E-state index in [9.17, 15) is 33.9 Å². The van der Waals surface area contributed by atoms with Crippen molar-refractivity contribution in [3.8, 4) is 0 Å². The summed E-state index contributed by atoms with van der Waals surface area (Å²) in [6, 6.07) is 43.1. The predicted molar refractivity (Wildman–Crippen MR) is 440 cm³/mol. The van der Waals surface area contributed by atoms with Crippen molar-refractivity contribution in [2.24, 2.45) is 0 Å². The van der Waals surface area contributed by atoms with Gasteiger partial charge in [0.1, 0.15) is 0 Å². The van der Waals surface area contributed by atoms with E-state index in [-0.39, 0.29) is 35.5 Å². The number of hydrogen-bond donors (Lipinski definition) is 2. The van der Waals surface area contributed by atoms with Crippen LogP contribution in [0.2, 0.25) is 0 Å². The standard InChI is InChI=1S/C26H30N2O2.C25H26N2O2.C22H24N2O2.C21H19NO2/c1-17(29)19-9-11-25-23(15-19)24-16-20(18(2)30)10-12-26(24)28(25)14-13-27(21-5-3-6-21)22-7-4-8-22;1-16-2-3-19-17(16)4-7-21-24(19)25-20-6-9-23(28)18(20)5-8-22(25)27(21)11-10-26-12-14-29-15-13-26;1-14(25)16-6-8-21-19(12-16)20-13-17(15(2)26)7-9-22(20)24(21)11-10-23-18-4-3-5-18;1-12-2-3-15-13(12)4-7-17-20(15)21-16-6-9-19(24)14(16)5-8-18(21)22(17)10-11-23/h9-12,15-16,21-22H,3-8,13-14H2,1-2H3;4-5,7-8H,1-3,6,9-15H2;6-9,12-13,18,23H,3-5,10-11H2,1-2H3;4-5,7-8,23H,1-3,6,9-11H2. The van der Waals surface area contributed by atoms with E-state index in [1.54, 1.807) is 27.7 Å². The summed E-state index contributed by atoms with van der Waals surface area (Å²) in [5, 5.41) is 22.6. The van der Waals surface area contributed by atoms with Gasteiger partial charge in [-0.3, -0.25) is 38.6 Å². The smallest absolute Gasteiger partial charge is 0.163 e. The minimum Gasteiger partial charge on any atom is -0.395 e. The SMILES string of the molecule is C=C1CCc2c1ccc1c2c2c3c(ccc2n1CCN1CCOCC1)C(=O)CC3.C=C1CCc2c1ccc1c2c2c3c(ccc2n1CCO)C(=O)CC3.CC(=O)c1ccc2c(c1)c1cc(C(C)=O)ccc1n2CCN(C1CCC1)C1CCC1.CC(=O)c1ccc2c(c1)c1cc(C(C)=O)ccc1n2CCNC1CCC1. The van der Waals surface area contributed by atoms with Crippen LogP contribution in [0.1, 0.15) is 207 Å². The number of ether oxygens (including phenoxy) is 1. The Morgan fingerprint density at radius 1 is 0.422 bits per heavy atom. The Kier molecular flexibility index (Phi) is 19.8. The molecule has 0 radical (unpaired) electrons. The summed E-state index contributed by atoms with van der Waals surface area (Å²) in [7, 11) is 0. The Morgan fingerprint density at radius 2 is 0.771 bits per heavy atom. The van der Waals surface area contributed by atoms with Crippen LogP contribution in [-0.2, 0) is 56.6 Å². The quantitative estimate of drug-likeness (QED) is 0.0784. The van der Waals surface area contributed by atoms with Gasteiger partial charge in [0.15, 0.2) is 34.7 Å². The first-order valence-corrected chi connectivity index (χ1v) is 40.2. The van der Waals surface area contributed by atoms with Gasteiger partial charge in [0.05, 0.1) is 19.8 Å². The normalized spacial score (nSPS) is 17.1. The molecule has 0 bridgehead atoms. The highest BCUT2D eigenvalue weighted by Crippen LogP contribution is 2.47. The van der Waals surface area contributed by atoms with E-state index >= 15 is 0 Å². The average Bonchev–Trinajstić information content (AvgIpc) is 1.57. The second kappa shape index (κ2) is 29.9. The number of allylic oxidation sites excluding steroid dienone is 2. The third kappa shape index (κ3) is 13.1. The molecule has 109 heavy (non-hydrogen) atoms. The number of aliphatic hydroxyl groups excluding tert-OH is 1. The molecule has 0 unspecified atom stereocenters. The number of rotatable bonds is 18. The van der Waals surface area contributed by atoms with Crippen LogP contribution in [-0.4, -0.2) is 139 Å². The van der Waals surface area contributed by atoms with E-state index in [0.717, 1.165) is 188 Å². The van der Waals surface area contributed by atoms with Gasteiger partial charge in [-0.05, 0) is 258 Å². The number of nitrogens with zero attached hydrogens (tertiary/aromatic N) is 6. The second-order valence-corrected chi connectivity index (χ2v) is 31.9. The largest absolute Gasteiger partial charge is 0.395 e. The van der Waals surface area contributed by atoms with E-state index in [2.05, 4.69) is 101 Å². The highest BCUT2D eigenvalue weighted by Gasteiger charge is 2.35. The molecule has 0 atom stereocenters. The van der Waals surface area contributed by atoms with Crippen molar-refractivity contribution >= 4 is 133 Å². The summed E-state index contributed by atoms with van der Waals surface area (Å²) in [5.41, 5.74) is 24.5. The molecule has 1 aliphatic heterocycles. The fraction of sp³-hybridized carbons (Fsp3) is 0.383. The first-order valence-electron chi connectivity index (χ1n) is 40.2. The fourth-order valence-electron chi connectivity index (χ4n) is 19.1. The molecule has 5 heterocycles. The number of Topliss-reactive ketones (excluding diaryl/α,β-unsaturated/α-hetero) is 6. The molecule has 15 nitrogen and oxygen atoms in total. The number of aromatic nitrogens is 4. The topological polar surface area (TPSA) is 170 Å². The molecule has 0 amide bonds. The van der Waals surface area contributed by atoms with Crippen LogP contribution >= 0.6 is 0 Å². The summed E-state index contributed by atoms with van der Waals surface area (Å²) in [5.74, 6) is 0.813. The molecule has 4 aromatic heterocycles. The van der Waals surface area contributed by atoms with Gasteiger partial charge in [0, 0.05) is 210 Å². The Bertz CT molecular complexity index is 5480. The molecule has 12 aromatic rings. The highest BCUT2D eigenvalue weighted by atomic mass is 16.5. The number of ketones is 6. The molecule has 558 valence electrons. The minimum atomic E-state index is 0.0576. The lowest BCUT2D eigenvalue weighted by Crippen LogP contribution is -2.50. The fourth-order valence-corrected chi connectivity index (χ4v) is 19.1. The van der Waals surface area contributed by atoms with Crippen LogP contribution in [0.4, 0.5) is 0 Å². The average molecular weight is 1450 g/mol. The zero-order chi connectivity index (χ0) is 75.0. The van der Waals surface area contributed by atoms with Crippen LogP contribution in [0.15, 0.2) is 134 Å². The van der Waals surface area contributed by atoms with Crippen LogP contribution in [0.25, 0.3) is 98.4 Å². The van der Waals surface area contributed by atoms with Crippen molar-refractivity contribution in [2.45, 2.75) is 181 Å². The van der Waals surface area contributed by atoms with Crippen LogP contribution in [0, 0.1) is 0 Å². The molecule has 1 saturated heterocycles. The van der Waals surface area contributed by atoms with Crippen LogP contribution in [0.3, 0.4) is 0 Å².